The van der Waals surface area contributed by atoms with Gasteiger partial charge in [0.25, 0.3) is 0 Å². The summed E-state index contributed by atoms with van der Waals surface area (Å²) in [7, 11) is 3.13. The van der Waals surface area contributed by atoms with Crippen molar-refractivity contribution in [1.82, 2.24) is 0 Å². The number of thiophene rings is 2. The standard InChI is InChI=1S/C13H6S.C10H17BO2S.3H2/c1-2-3-4-5-6-7-8-10-13-11-9-12-14-13;1-4-5-6-9-7-8-10(14-9)11(12-2)13-3;;;/h9,11-12H,1H3;7-8H,4-6H2,1-3H3;3*1H. The van der Waals surface area contributed by atoms with E-state index in [1.165, 1.54) is 24.1 Å². The van der Waals surface area contributed by atoms with Crippen LogP contribution in [0.5, 0.6) is 0 Å². The lowest BCUT2D eigenvalue weighted by molar-refractivity contribution is 0.292. The predicted octanol–water partition coefficient (Wildman–Crippen LogP) is 4.95. The third-order valence-corrected chi connectivity index (χ3v) is 5.22. The zero-order valence-electron chi connectivity index (χ0n) is 16.7. The molecule has 2 nitrogen and oxygen atoms in total. The van der Waals surface area contributed by atoms with Crippen molar-refractivity contribution in [2.75, 3.05) is 14.2 Å². The average molecular weight is 412 g/mol. The van der Waals surface area contributed by atoms with Gasteiger partial charge in [0.1, 0.15) is 0 Å². The first-order valence-electron chi connectivity index (χ1n) is 8.85. The van der Waals surface area contributed by atoms with Crippen LogP contribution in [0, 0.1) is 47.4 Å². The highest BCUT2D eigenvalue weighted by Crippen LogP contribution is 2.11. The lowest BCUT2D eigenvalue weighted by atomic mass is 9.88. The molecule has 2 aromatic rings. The van der Waals surface area contributed by atoms with Crippen LogP contribution in [-0.4, -0.2) is 21.3 Å². The normalized spacial score (nSPS) is 8.29. The first-order chi connectivity index (χ1) is 13.7. The highest BCUT2D eigenvalue weighted by Gasteiger charge is 2.19. The van der Waals surface area contributed by atoms with Gasteiger partial charge in [-0.3, -0.25) is 0 Å². The van der Waals surface area contributed by atoms with Gasteiger partial charge in [-0.05, 0) is 78.7 Å². The summed E-state index contributed by atoms with van der Waals surface area (Å²) in [5.41, 5.74) is 0. The summed E-state index contributed by atoms with van der Waals surface area (Å²) in [5, 5.41) is 1.98. The summed E-state index contributed by atoms with van der Waals surface area (Å²) in [6, 6.07) is 8.17. The van der Waals surface area contributed by atoms with Gasteiger partial charge in [-0.1, -0.05) is 31.4 Å². The van der Waals surface area contributed by atoms with E-state index >= 15 is 0 Å². The van der Waals surface area contributed by atoms with Gasteiger partial charge >= 0.3 is 7.12 Å². The SMILES string of the molecule is CC#CC#CC#CC#Cc1cccs1.CCCCc1ccc(B(OC)OC)s1.[HH].[HH].[HH]. The number of unbranched alkanes of at least 4 members (excludes halogenated alkanes) is 1. The third kappa shape index (κ3) is 10.1. The Labute approximate surface area is 182 Å². The minimum absolute atomic E-state index is 0. The van der Waals surface area contributed by atoms with E-state index in [1.54, 1.807) is 43.8 Å². The molecule has 28 heavy (non-hydrogen) atoms. The number of hydrogen-bond donors (Lipinski definition) is 0. The van der Waals surface area contributed by atoms with Crippen LogP contribution in [0.4, 0.5) is 0 Å². The second-order valence-electron chi connectivity index (χ2n) is 5.31. The lowest BCUT2D eigenvalue weighted by Crippen LogP contribution is -2.32. The molecule has 0 atom stereocenters. The second-order valence-corrected chi connectivity index (χ2v) is 7.46. The van der Waals surface area contributed by atoms with Gasteiger partial charge in [0, 0.05) is 28.2 Å². The van der Waals surface area contributed by atoms with E-state index in [2.05, 4.69) is 66.4 Å². The Kier molecular flexibility index (Phi) is 13.2. The molecule has 2 heterocycles. The Hall–Kier alpha value is -2.38. The van der Waals surface area contributed by atoms with E-state index in [4.69, 9.17) is 9.31 Å². The van der Waals surface area contributed by atoms with Gasteiger partial charge in [-0.15, -0.1) is 22.7 Å². The van der Waals surface area contributed by atoms with Crippen LogP contribution in [0.3, 0.4) is 0 Å². The van der Waals surface area contributed by atoms with Crippen molar-refractivity contribution in [1.29, 1.82) is 0 Å². The quantitative estimate of drug-likeness (QED) is 0.494. The van der Waals surface area contributed by atoms with Gasteiger partial charge in [0.15, 0.2) is 0 Å². The highest BCUT2D eigenvalue weighted by molar-refractivity contribution is 7.22. The fourth-order valence-corrected chi connectivity index (χ4v) is 3.65. The molecule has 148 valence electrons. The molecular formula is C23H29BO2S2. The minimum atomic E-state index is -0.199. The molecule has 2 aromatic heterocycles. The molecule has 0 aliphatic carbocycles. The third-order valence-electron chi connectivity index (χ3n) is 3.26. The molecule has 5 heteroatoms. The summed E-state index contributed by atoms with van der Waals surface area (Å²) in [4.78, 5) is 2.43. The van der Waals surface area contributed by atoms with Crippen LogP contribution < -0.4 is 4.78 Å². The summed E-state index contributed by atoms with van der Waals surface area (Å²) in [6.45, 7) is 3.94. The smallest absolute Gasteiger partial charge is 0.410 e. The molecule has 0 spiro atoms. The van der Waals surface area contributed by atoms with Crippen LogP contribution in [-0.2, 0) is 15.7 Å². The average Bonchev–Trinajstić information content (AvgIpc) is 3.39. The molecule has 0 unspecified atom stereocenters. The van der Waals surface area contributed by atoms with Gasteiger partial charge in [0.05, 0.1) is 4.88 Å². The van der Waals surface area contributed by atoms with E-state index in [0.29, 0.717) is 0 Å². The zero-order chi connectivity index (χ0) is 20.5. The Bertz CT molecular complexity index is 940. The molecule has 0 saturated carbocycles. The first kappa shape index (κ1) is 23.7. The van der Waals surface area contributed by atoms with E-state index in [1.807, 2.05) is 17.5 Å². The topological polar surface area (TPSA) is 18.5 Å². The molecule has 0 N–H and O–H groups in total. The van der Waals surface area contributed by atoms with Crippen molar-refractivity contribution in [3.8, 4) is 47.4 Å². The fourth-order valence-electron chi connectivity index (χ4n) is 1.97. The van der Waals surface area contributed by atoms with Gasteiger partial charge in [-0.2, -0.15) is 0 Å². The van der Waals surface area contributed by atoms with Crippen LogP contribution in [0.1, 0.15) is 40.7 Å². The Morgan fingerprint density at radius 2 is 1.71 bits per heavy atom. The molecule has 0 aromatic carbocycles. The van der Waals surface area contributed by atoms with E-state index < -0.39 is 0 Å². The van der Waals surface area contributed by atoms with Gasteiger partial charge in [-0.25, -0.2) is 0 Å². The maximum Gasteiger partial charge on any atom is 0.504 e. The number of hydrogen-bond acceptors (Lipinski definition) is 4. The second kappa shape index (κ2) is 15.7. The van der Waals surface area contributed by atoms with E-state index in [-0.39, 0.29) is 11.4 Å². The largest absolute Gasteiger partial charge is 0.504 e. The zero-order valence-corrected chi connectivity index (χ0v) is 18.4. The lowest BCUT2D eigenvalue weighted by Gasteiger charge is -2.04. The van der Waals surface area contributed by atoms with Gasteiger partial charge in [0.2, 0.25) is 0 Å². The molecule has 0 amide bonds. The summed E-state index contributed by atoms with van der Waals surface area (Å²) in [6.07, 6.45) is 3.66. The molecule has 0 radical (unpaired) electrons. The fraction of sp³-hybridized carbons (Fsp3) is 0.304. The molecule has 0 fully saturated rings. The summed E-state index contributed by atoms with van der Waals surface area (Å²) in [5.74, 6) is 21.3. The van der Waals surface area contributed by atoms with Crippen molar-refractivity contribution >= 4 is 34.6 Å². The Balaban J connectivity index is -0.000000461. The van der Waals surface area contributed by atoms with Crippen molar-refractivity contribution in [2.45, 2.75) is 33.1 Å². The van der Waals surface area contributed by atoms with Gasteiger partial charge < -0.3 is 9.31 Å². The summed E-state index contributed by atoms with van der Waals surface area (Å²) < 4.78 is 11.5. The first-order valence-corrected chi connectivity index (χ1v) is 10.5. The maximum absolute atomic E-state index is 5.19. The highest BCUT2D eigenvalue weighted by atomic mass is 32.1. The maximum atomic E-state index is 5.19. The molecule has 2 rings (SSSR count). The van der Waals surface area contributed by atoms with Crippen molar-refractivity contribution < 1.29 is 13.6 Å². The monoisotopic (exact) mass is 412 g/mol. The van der Waals surface area contributed by atoms with E-state index in [9.17, 15) is 0 Å². The molecule has 0 saturated heterocycles. The Morgan fingerprint density at radius 1 is 1.00 bits per heavy atom. The minimum Gasteiger partial charge on any atom is -0.410 e. The van der Waals surface area contributed by atoms with E-state index in [0.717, 1.165) is 9.65 Å². The van der Waals surface area contributed by atoms with Crippen LogP contribution in [0.2, 0.25) is 0 Å². The molecular weight excluding hydrogens is 383 g/mol. The molecule has 0 bridgehead atoms. The Morgan fingerprint density at radius 3 is 2.32 bits per heavy atom. The van der Waals surface area contributed by atoms with Crippen molar-refractivity contribution in [3.05, 3.63) is 39.4 Å². The van der Waals surface area contributed by atoms with Crippen LogP contribution >= 0.6 is 22.7 Å². The number of rotatable bonds is 6. The molecule has 0 aliphatic heterocycles. The van der Waals surface area contributed by atoms with Crippen LogP contribution in [0.15, 0.2) is 29.6 Å². The number of aryl methyl sites for hydroxylation is 1. The van der Waals surface area contributed by atoms with Crippen molar-refractivity contribution in [2.24, 2.45) is 0 Å². The molecule has 0 aliphatic rings. The predicted molar refractivity (Wildman–Crippen MR) is 129 cm³/mol. The van der Waals surface area contributed by atoms with Crippen molar-refractivity contribution in [3.63, 3.8) is 0 Å². The summed E-state index contributed by atoms with van der Waals surface area (Å²) >= 11 is 3.38. The van der Waals surface area contributed by atoms with Crippen LogP contribution in [0.25, 0.3) is 0 Å².